The number of hydrogen-bond acceptors (Lipinski definition) is 0. The van der Waals surface area contributed by atoms with Crippen molar-refractivity contribution in [2.75, 3.05) is 0 Å². The maximum Gasteiger partial charge on any atom is 0.0506 e. The topological polar surface area (TPSA) is 15.8 Å². The second-order valence-electron chi connectivity index (χ2n) is 7.07. The van der Waals surface area contributed by atoms with Gasteiger partial charge < -0.3 is 4.98 Å². The maximum absolute atomic E-state index is 3.67. The van der Waals surface area contributed by atoms with E-state index in [9.17, 15) is 0 Å². The van der Waals surface area contributed by atoms with E-state index in [0.29, 0.717) is 0 Å². The molecule has 26 heavy (non-hydrogen) atoms. The average Bonchev–Trinajstić information content (AvgIpc) is 3.08. The molecule has 1 N–H and O–H groups in total. The molecule has 0 amide bonds. The lowest BCUT2D eigenvalue weighted by molar-refractivity contribution is 1.05. The molecule has 5 aromatic rings. The van der Waals surface area contributed by atoms with Gasteiger partial charge in [0.05, 0.1) is 5.52 Å². The Morgan fingerprint density at radius 3 is 2.38 bits per heavy atom. The van der Waals surface area contributed by atoms with Crippen molar-refractivity contribution in [1.82, 2.24) is 4.98 Å². The molecule has 0 fully saturated rings. The van der Waals surface area contributed by atoms with E-state index in [2.05, 4.69) is 96.0 Å². The fourth-order valence-electron chi connectivity index (χ4n) is 4.53. The van der Waals surface area contributed by atoms with Crippen molar-refractivity contribution in [3.8, 4) is 0 Å². The van der Waals surface area contributed by atoms with Gasteiger partial charge in [-0.15, -0.1) is 0 Å². The van der Waals surface area contributed by atoms with Crippen molar-refractivity contribution in [3.63, 3.8) is 0 Å². The first-order valence-corrected chi connectivity index (χ1v) is 9.09. The van der Waals surface area contributed by atoms with Crippen molar-refractivity contribution >= 4 is 38.7 Å². The fourth-order valence-corrected chi connectivity index (χ4v) is 4.53. The molecule has 1 aromatic heterocycles. The number of allylic oxidation sites excluding steroid dienone is 1. The first kappa shape index (κ1) is 13.9. The van der Waals surface area contributed by atoms with Gasteiger partial charge in [0.2, 0.25) is 0 Å². The average molecular weight is 331 g/mol. The molecule has 0 saturated carbocycles. The predicted molar refractivity (Wildman–Crippen MR) is 111 cm³/mol. The predicted octanol–water partition coefficient (Wildman–Crippen LogP) is 6.63. The van der Waals surface area contributed by atoms with Crippen LogP contribution in [0.4, 0.5) is 0 Å². The highest BCUT2D eigenvalue weighted by Crippen LogP contribution is 2.41. The number of fused-ring (bicyclic) bond motifs is 3. The molecule has 0 spiro atoms. The SMILES string of the molecule is C1=CC(c2cccc3c2[nH]c2ccccc23)c2cccc3cccc1c23. The number of hydrogen-bond donors (Lipinski definition) is 1. The largest absolute Gasteiger partial charge is 0.354 e. The molecule has 0 radical (unpaired) electrons. The Labute approximate surface area is 151 Å². The van der Waals surface area contributed by atoms with Gasteiger partial charge in [-0.1, -0.05) is 84.9 Å². The van der Waals surface area contributed by atoms with E-state index in [4.69, 9.17) is 0 Å². The lowest BCUT2D eigenvalue weighted by Crippen LogP contribution is -2.04. The third-order valence-electron chi connectivity index (χ3n) is 5.68. The smallest absolute Gasteiger partial charge is 0.0506 e. The molecule has 1 aliphatic carbocycles. The molecule has 1 heterocycles. The standard InChI is InChI=1S/C25H17N/c1-2-13-23-19(9-1)22-12-5-11-21(25(22)26-23)18-15-14-17-7-3-6-16-8-4-10-20(18)24(16)17/h1-15,18,26H. The van der Waals surface area contributed by atoms with Gasteiger partial charge in [0.25, 0.3) is 0 Å². The van der Waals surface area contributed by atoms with Crippen LogP contribution in [0.25, 0.3) is 38.7 Å². The Morgan fingerprint density at radius 2 is 1.42 bits per heavy atom. The Hall–Kier alpha value is -3.32. The van der Waals surface area contributed by atoms with Gasteiger partial charge in [0, 0.05) is 22.2 Å². The van der Waals surface area contributed by atoms with Crippen LogP contribution in [0.5, 0.6) is 0 Å². The Bertz CT molecular complexity index is 1330. The Kier molecular flexibility index (Phi) is 2.72. The highest BCUT2D eigenvalue weighted by Gasteiger charge is 2.21. The monoisotopic (exact) mass is 331 g/mol. The van der Waals surface area contributed by atoms with Crippen molar-refractivity contribution in [2.45, 2.75) is 5.92 Å². The van der Waals surface area contributed by atoms with E-state index < -0.39 is 0 Å². The number of nitrogens with one attached hydrogen (secondary N) is 1. The minimum Gasteiger partial charge on any atom is -0.354 e. The summed E-state index contributed by atoms with van der Waals surface area (Å²) in [5, 5.41) is 5.30. The highest BCUT2D eigenvalue weighted by molar-refractivity contribution is 6.09. The summed E-state index contributed by atoms with van der Waals surface area (Å²) in [6, 6.07) is 28.5. The molecule has 1 unspecified atom stereocenters. The molecule has 4 aromatic carbocycles. The van der Waals surface area contributed by atoms with Crippen molar-refractivity contribution in [2.24, 2.45) is 0 Å². The summed E-state index contributed by atoms with van der Waals surface area (Å²) in [7, 11) is 0. The first-order valence-electron chi connectivity index (χ1n) is 9.09. The number of rotatable bonds is 1. The van der Waals surface area contributed by atoms with Gasteiger partial charge in [-0.3, -0.25) is 0 Å². The number of H-pyrrole nitrogens is 1. The maximum atomic E-state index is 3.67. The molecule has 0 bridgehead atoms. The van der Waals surface area contributed by atoms with Gasteiger partial charge in [-0.05, 0) is 33.5 Å². The molecule has 0 saturated heterocycles. The van der Waals surface area contributed by atoms with E-state index in [1.807, 2.05) is 0 Å². The Morgan fingerprint density at radius 1 is 0.654 bits per heavy atom. The van der Waals surface area contributed by atoms with Crippen LogP contribution < -0.4 is 0 Å². The van der Waals surface area contributed by atoms with Crippen molar-refractivity contribution in [3.05, 3.63) is 102 Å². The highest BCUT2D eigenvalue weighted by atomic mass is 14.7. The van der Waals surface area contributed by atoms with E-state index in [1.165, 1.54) is 49.3 Å². The van der Waals surface area contributed by atoms with Crippen LogP contribution in [-0.4, -0.2) is 4.98 Å². The molecular formula is C25H17N. The molecule has 1 nitrogen and oxygen atoms in total. The second-order valence-corrected chi connectivity index (χ2v) is 7.07. The summed E-state index contributed by atoms with van der Waals surface area (Å²) >= 11 is 0. The van der Waals surface area contributed by atoms with E-state index in [1.54, 1.807) is 0 Å². The van der Waals surface area contributed by atoms with E-state index >= 15 is 0 Å². The molecular weight excluding hydrogens is 314 g/mol. The third-order valence-corrected chi connectivity index (χ3v) is 5.68. The van der Waals surface area contributed by atoms with Crippen molar-refractivity contribution < 1.29 is 0 Å². The lowest BCUT2D eigenvalue weighted by atomic mass is 9.81. The first-order chi connectivity index (χ1) is 12.9. The molecule has 1 atom stereocenters. The lowest BCUT2D eigenvalue weighted by Gasteiger charge is -2.22. The molecule has 1 aliphatic rings. The molecule has 6 rings (SSSR count). The summed E-state index contributed by atoms with van der Waals surface area (Å²) in [6.07, 6.45) is 4.62. The van der Waals surface area contributed by atoms with Crippen molar-refractivity contribution in [1.29, 1.82) is 0 Å². The zero-order chi connectivity index (χ0) is 17.1. The molecule has 1 heteroatoms. The minimum absolute atomic E-state index is 0.269. The van der Waals surface area contributed by atoms with Crippen LogP contribution in [0.2, 0.25) is 0 Å². The fraction of sp³-hybridized carbons (Fsp3) is 0.0400. The zero-order valence-electron chi connectivity index (χ0n) is 14.2. The second kappa shape index (κ2) is 5.09. The Balaban J connectivity index is 1.68. The normalized spacial score (nSPS) is 15.9. The molecule has 0 aliphatic heterocycles. The number of benzene rings is 4. The zero-order valence-corrected chi connectivity index (χ0v) is 14.2. The van der Waals surface area contributed by atoms with E-state index in [0.717, 1.165) is 0 Å². The summed E-state index contributed by atoms with van der Waals surface area (Å²) in [6.45, 7) is 0. The van der Waals surface area contributed by atoms with Gasteiger partial charge >= 0.3 is 0 Å². The van der Waals surface area contributed by atoms with Gasteiger partial charge in [-0.25, -0.2) is 0 Å². The summed E-state index contributed by atoms with van der Waals surface area (Å²) in [4.78, 5) is 3.67. The van der Waals surface area contributed by atoms with Gasteiger partial charge in [0.15, 0.2) is 0 Å². The van der Waals surface area contributed by atoms with Crippen LogP contribution in [0, 0.1) is 0 Å². The summed E-state index contributed by atoms with van der Waals surface area (Å²) in [5.74, 6) is 0.269. The van der Waals surface area contributed by atoms with Crippen LogP contribution in [0.15, 0.2) is 84.9 Å². The van der Waals surface area contributed by atoms with Crippen LogP contribution in [0.3, 0.4) is 0 Å². The summed E-state index contributed by atoms with van der Waals surface area (Å²) in [5.41, 5.74) is 6.51. The quantitative estimate of drug-likeness (QED) is 0.355. The van der Waals surface area contributed by atoms with E-state index in [-0.39, 0.29) is 5.92 Å². The number of aromatic amines is 1. The van der Waals surface area contributed by atoms with Crippen LogP contribution >= 0.6 is 0 Å². The summed E-state index contributed by atoms with van der Waals surface area (Å²) < 4.78 is 0. The van der Waals surface area contributed by atoms with Gasteiger partial charge in [0.1, 0.15) is 0 Å². The minimum atomic E-state index is 0.269. The van der Waals surface area contributed by atoms with Crippen LogP contribution in [0.1, 0.15) is 22.6 Å². The number of para-hydroxylation sites is 2. The molecule has 122 valence electrons. The van der Waals surface area contributed by atoms with Gasteiger partial charge in [-0.2, -0.15) is 0 Å². The number of aromatic nitrogens is 1. The third kappa shape index (κ3) is 1.80. The van der Waals surface area contributed by atoms with Crippen LogP contribution in [-0.2, 0) is 0 Å².